The van der Waals surface area contributed by atoms with Crippen molar-refractivity contribution in [3.8, 4) is 0 Å². The number of sulfonamides is 1. The summed E-state index contributed by atoms with van der Waals surface area (Å²) in [6, 6.07) is 7.82. The summed E-state index contributed by atoms with van der Waals surface area (Å²) in [7, 11) is -4.16. The second-order valence-corrected chi connectivity index (χ2v) is 6.73. The number of hydrogen-bond donors (Lipinski definition) is 3. The van der Waals surface area contributed by atoms with Gasteiger partial charge in [-0.1, -0.05) is 6.07 Å². The van der Waals surface area contributed by atoms with Crippen LogP contribution in [0.5, 0.6) is 0 Å². The van der Waals surface area contributed by atoms with E-state index >= 15 is 0 Å². The van der Waals surface area contributed by atoms with Crippen molar-refractivity contribution in [3.05, 3.63) is 66.0 Å². The van der Waals surface area contributed by atoms with Crippen LogP contribution in [0.15, 0.2) is 53.7 Å². The second-order valence-electron chi connectivity index (χ2n) is 5.05. The Labute approximate surface area is 146 Å². The SMILES string of the molecule is O=C(Nc1ncn[nH]1)c1cccc(NS(=O)(=O)c2ccc(F)c(F)c2)c1. The molecule has 26 heavy (non-hydrogen) atoms. The summed E-state index contributed by atoms with van der Waals surface area (Å²) < 4.78 is 53.0. The quantitative estimate of drug-likeness (QED) is 0.628. The molecule has 0 atom stereocenters. The highest BCUT2D eigenvalue weighted by atomic mass is 32.2. The fourth-order valence-electron chi connectivity index (χ4n) is 2.03. The van der Waals surface area contributed by atoms with E-state index in [9.17, 15) is 22.0 Å². The number of carbonyl (C=O) groups is 1. The van der Waals surface area contributed by atoms with Crippen LogP contribution in [0.2, 0.25) is 0 Å². The Balaban J connectivity index is 1.81. The van der Waals surface area contributed by atoms with Crippen molar-refractivity contribution >= 4 is 27.6 Å². The first kappa shape index (κ1) is 17.5. The molecule has 134 valence electrons. The molecular weight excluding hydrogens is 368 g/mol. The van der Waals surface area contributed by atoms with Crippen LogP contribution in [0.3, 0.4) is 0 Å². The molecule has 0 aliphatic heterocycles. The molecule has 0 bridgehead atoms. The average Bonchev–Trinajstić information content (AvgIpc) is 3.10. The van der Waals surface area contributed by atoms with Gasteiger partial charge in [-0.25, -0.2) is 22.3 Å². The van der Waals surface area contributed by atoms with Gasteiger partial charge in [-0.15, -0.1) is 0 Å². The normalized spacial score (nSPS) is 11.2. The Bertz CT molecular complexity index is 1050. The maximum absolute atomic E-state index is 13.3. The molecule has 1 aromatic heterocycles. The Morgan fingerprint density at radius 1 is 1.08 bits per heavy atom. The molecule has 0 radical (unpaired) electrons. The predicted octanol–water partition coefficient (Wildman–Crippen LogP) is 2.14. The van der Waals surface area contributed by atoms with Crippen molar-refractivity contribution in [3.63, 3.8) is 0 Å². The fraction of sp³-hybridized carbons (Fsp3) is 0. The van der Waals surface area contributed by atoms with Crippen molar-refractivity contribution in [1.82, 2.24) is 15.2 Å². The highest BCUT2D eigenvalue weighted by molar-refractivity contribution is 7.92. The summed E-state index contributed by atoms with van der Waals surface area (Å²) in [5, 5.41) is 8.47. The number of amides is 1. The first-order chi connectivity index (χ1) is 12.3. The number of nitrogens with zero attached hydrogens (tertiary/aromatic N) is 2. The number of aromatic amines is 1. The van der Waals surface area contributed by atoms with Crippen LogP contribution < -0.4 is 10.0 Å². The minimum Gasteiger partial charge on any atom is -0.291 e. The lowest BCUT2D eigenvalue weighted by Gasteiger charge is -2.10. The second kappa shape index (κ2) is 6.88. The first-order valence-corrected chi connectivity index (χ1v) is 8.58. The van der Waals surface area contributed by atoms with E-state index in [0.717, 1.165) is 6.07 Å². The van der Waals surface area contributed by atoms with Gasteiger partial charge in [-0.05, 0) is 36.4 Å². The summed E-state index contributed by atoms with van der Waals surface area (Å²) in [5.41, 5.74) is 0.215. The van der Waals surface area contributed by atoms with Crippen molar-refractivity contribution < 1.29 is 22.0 Å². The monoisotopic (exact) mass is 379 g/mol. The van der Waals surface area contributed by atoms with Crippen LogP contribution >= 0.6 is 0 Å². The summed E-state index contributed by atoms with van der Waals surface area (Å²) in [6.45, 7) is 0. The predicted molar refractivity (Wildman–Crippen MR) is 87.9 cm³/mol. The topological polar surface area (TPSA) is 117 Å². The van der Waals surface area contributed by atoms with Crippen LogP contribution in [0, 0.1) is 11.6 Å². The van der Waals surface area contributed by atoms with Gasteiger partial charge in [-0.2, -0.15) is 10.1 Å². The standard InChI is InChI=1S/C15H11F2N5O3S/c16-12-5-4-11(7-13(12)17)26(24,25)22-10-3-1-2-9(6-10)14(23)20-15-18-8-19-21-15/h1-8,22H,(H2,18,19,20,21,23). The van der Waals surface area contributed by atoms with Gasteiger partial charge in [0.1, 0.15) is 6.33 Å². The number of halogens is 2. The number of carbonyl (C=O) groups excluding carboxylic acids is 1. The zero-order chi connectivity index (χ0) is 18.7. The number of nitrogens with one attached hydrogen (secondary N) is 3. The Morgan fingerprint density at radius 3 is 2.58 bits per heavy atom. The van der Waals surface area contributed by atoms with Crippen LogP contribution in [-0.4, -0.2) is 29.5 Å². The maximum atomic E-state index is 13.3. The third-order valence-electron chi connectivity index (χ3n) is 3.23. The third kappa shape index (κ3) is 3.83. The minimum atomic E-state index is -4.16. The summed E-state index contributed by atoms with van der Waals surface area (Å²) >= 11 is 0. The van der Waals surface area contributed by atoms with Crippen molar-refractivity contribution in [2.24, 2.45) is 0 Å². The molecule has 0 aliphatic rings. The molecule has 0 saturated carbocycles. The number of anilines is 2. The highest BCUT2D eigenvalue weighted by Crippen LogP contribution is 2.19. The molecule has 2 aromatic carbocycles. The smallest absolute Gasteiger partial charge is 0.261 e. The zero-order valence-electron chi connectivity index (χ0n) is 12.9. The van der Waals surface area contributed by atoms with Crippen molar-refractivity contribution in [2.45, 2.75) is 4.90 Å². The molecule has 3 N–H and O–H groups in total. The van der Waals surface area contributed by atoms with Crippen LogP contribution in [-0.2, 0) is 10.0 Å². The maximum Gasteiger partial charge on any atom is 0.261 e. The molecule has 0 saturated heterocycles. The number of aromatic nitrogens is 3. The number of H-pyrrole nitrogens is 1. The molecule has 1 heterocycles. The molecule has 8 nitrogen and oxygen atoms in total. The van der Waals surface area contributed by atoms with E-state index in [-0.39, 0.29) is 17.2 Å². The van der Waals surface area contributed by atoms with E-state index in [0.29, 0.717) is 12.1 Å². The molecule has 3 aromatic rings. The molecule has 0 fully saturated rings. The lowest BCUT2D eigenvalue weighted by atomic mass is 10.2. The average molecular weight is 379 g/mol. The lowest BCUT2D eigenvalue weighted by molar-refractivity contribution is 0.102. The Hall–Kier alpha value is -3.34. The largest absolute Gasteiger partial charge is 0.291 e. The van der Waals surface area contributed by atoms with Gasteiger partial charge in [0.2, 0.25) is 5.95 Å². The summed E-state index contributed by atoms with van der Waals surface area (Å²) in [5.74, 6) is -2.86. The van der Waals surface area contributed by atoms with Gasteiger partial charge in [0.25, 0.3) is 15.9 Å². The van der Waals surface area contributed by atoms with Gasteiger partial charge < -0.3 is 0 Å². The van der Waals surface area contributed by atoms with E-state index in [2.05, 4.69) is 25.2 Å². The van der Waals surface area contributed by atoms with E-state index in [1.54, 1.807) is 0 Å². The Kier molecular flexibility index (Phi) is 4.63. The summed E-state index contributed by atoms with van der Waals surface area (Å²) in [4.78, 5) is 15.4. The van der Waals surface area contributed by atoms with Gasteiger partial charge in [-0.3, -0.25) is 14.8 Å². The Morgan fingerprint density at radius 2 is 1.88 bits per heavy atom. The summed E-state index contributed by atoms with van der Waals surface area (Å²) in [6.07, 6.45) is 1.21. The molecule has 3 rings (SSSR count). The molecule has 0 unspecified atom stereocenters. The molecule has 1 amide bonds. The fourth-order valence-corrected chi connectivity index (χ4v) is 3.09. The molecule has 0 spiro atoms. The number of hydrogen-bond acceptors (Lipinski definition) is 5. The first-order valence-electron chi connectivity index (χ1n) is 7.10. The lowest BCUT2D eigenvalue weighted by Crippen LogP contribution is -2.16. The molecular formula is C15H11F2N5O3S. The minimum absolute atomic E-state index is 0.0694. The van der Waals surface area contributed by atoms with Crippen LogP contribution in [0.25, 0.3) is 0 Å². The zero-order valence-corrected chi connectivity index (χ0v) is 13.7. The van der Waals surface area contributed by atoms with E-state index in [4.69, 9.17) is 0 Å². The van der Waals surface area contributed by atoms with Gasteiger partial charge >= 0.3 is 0 Å². The molecule has 0 aliphatic carbocycles. The number of rotatable bonds is 5. The molecule has 11 heteroatoms. The van der Waals surface area contributed by atoms with Gasteiger partial charge in [0, 0.05) is 11.3 Å². The number of benzene rings is 2. The van der Waals surface area contributed by atoms with Crippen molar-refractivity contribution in [2.75, 3.05) is 10.0 Å². The van der Waals surface area contributed by atoms with Gasteiger partial charge in [0.15, 0.2) is 11.6 Å². The van der Waals surface area contributed by atoms with Crippen molar-refractivity contribution in [1.29, 1.82) is 0 Å². The van der Waals surface area contributed by atoms with E-state index in [1.165, 1.54) is 30.6 Å². The van der Waals surface area contributed by atoms with Crippen LogP contribution in [0.4, 0.5) is 20.4 Å². The van der Waals surface area contributed by atoms with E-state index in [1.807, 2.05) is 0 Å². The van der Waals surface area contributed by atoms with Gasteiger partial charge in [0.05, 0.1) is 4.90 Å². The van der Waals surface area contributed by atoms with Crippen LogP contribution in [0.1, 0.15) is 10.4 Å². The third-order valence-corrected chi connectivity index (χ3v) is 4.60. The highest BCUT2D eigenvalue weighted by Gasteiger charge is 2.17. The van der Waals surface area contributed by atoms with E-state index < -0.39 is 32.5 Å².